The molecule has 1 aliphatic heterocycles. The number of aromatic nitrogens is 2. The molecule has 0 radical (unpaired) electrons. The average molecular weight is 240 g/mol. The SMILES string of the molecule is CC1SCCC1n1cc(C=O)c(C(=O)O)n1. The maximum absolute atomic E-state index is 10.9. The molecule has 2 rings (SSSR count). The van der Waals surface area contributed by atoms with Gasteiger partial charge in [-0.05, 0) is 12.2 Å². The van der Waals surface area contributed by atoms with Crippen molar-refractivity contribution in [3.8, 4) is 0 Å². The van der Waals surface area contributed by atoms with Crippen molar-refractivity contribution < 1.29 is 14.7 Å². The van der Waals surface area contributed by atoms with Crippen molar-refractivity contribution in [3.05, 3.63) is 17.5 Å². The third-order valence-corrected chi connectivity index (χ3v) is 4.08. The lowest BCUT2D eigenvalue weighted by Gasteiger charge is -2.14. The van der Waals surface area contributed by atoms with E-state index in [9.17, 15) is 9.59 Å². The van der Waals surface area contributed by atoms with Crippen molar-refractivity contribution in [2.75, 3.05) is 5.75 Å². The van der Waals surface area contributed by atoms with Gasteiger partial charge in [0, 0.05) is 11.4 Å². The van der Waals surface area contributed by atoms with Gasteiger partial charge in [-0.1, -0.05) is 6.92 Å². The van der Waals surface area contributed by atoms with E-state index in [-0.39, 0.29) is 17.3 Å². The Morgan fingerprint density at radius 1 is 1.75 bits per heavy atom. The Bertz CT molecular complexity index is 430. The highest BCUT2D eigenvalue weighted by Crippen LogP contribution is 2.35. The zero-order valence-corrected chi connectivity index (χ0v) is 9.61. The molecule has 0 amide bonds. The molecule has 86 valence electrons. The number of carboxylic acids is 1. The number of thioether (sulfide) groups is 1. The highest BCUT2D eigenvalue weighted by atomic mass is 32.2. The Hall–Kier alpha value is -1.30. The van der Waals surface area contributed by atoms with Crippen LogP contribution >= 0.6 is 11.8 Å². The molecular formula is C10H12N2O3S. The monoisotopic (exact) mass is 240 g/mol. The smallest absolute Gasteiger partial charge is 0.357 e. The Labute approximate surface area is 96.8 Å². The first-order chi connectivity index (χ1) is 7.63. The van der Waals surface area contributed by atoms with Gasteiger partial charge < -0.3 is 5.11 Å². The van der Waals surface area contributed by atoms with Crippen molar-refractivity contribution in [1.29, 1.82) is 0 Å². The molecule has 1 aromatic rings. The summed E-state index contributed by atoms with van der Waals surface area (Å²) in [6, 6.07) is 0.191. The Balaban J connectivity index is 2.35. The maximum atomic E-state index is 10.9. The number of carboxylic acid groups (broad SMARTS) is 1. The van der Waals surface area contributed by atoms with Gasteiger partial charge in [0.05, 0.1) is 11.6 Å². The molecule has 1 aromatic heterocycles. The fraction of sp³-hybridized carbons (Fsp3) is 0.500. The number of hydrogen-bond acceptors (Lipinski definition) is 4. The van der Waals surface area contributed by atoms with E-state index in [0.29, 0.717) is 11.5 Å². The second-order valence-electron chi connectivity index (χ2n) is 3.77. The van der Waals surface area contributed by atoms with E-state index in [1.54, 1.807) is 4.68 Å². The summed E-state index contributed by atoms with van der Waals surface area (Å²) in [7, 11) is 0. The van der Waals surface area contributed by atoms with Crippen LogP contribution in [0.4, 0.5) is 0 Å². The van der Waals surface area contributed by atoms with Crippen LogP contribution in [0.5, 0.6) is 0 Å². The Morgan fingerprint density at radius 3 is 2.94 bits per heavy atom. The molecule has 16 heavy (non-hydrogen) atoms. The minimum atomic E-state index is -1.15. The Morgan fingerprint density at radius 2 is 2.50 bits per heavy atom. The standard InChI is InChI=1S/C10H12N2O3S/c1-6-8(2-3-16-6)12-4-7(5-13)9(11-12)10(14)15/h4-6,8H,2-3H2,1H3,(H,14,15). The topological polar surface area (TPSA) is 72.2 Å². The van der Waals surface area contributed by atoms with E-state index in [0.717, 1.165) is 12.2 Å². The molecule has 0 spiro atoms. The molecule has 1 aliphatic rings. The molecule has 0 bridgehead atoms. The average Bonchev–Trinajstić information content (AvgIpc) is 2.82. The van der Waals surface area contributed by atoms with Crippen molar-refractivity contribution in [3.63, 3.8) is 0 Å². The number of rotatable bonds is 3. The van der Waals surface area contributed by atoms with Gasteiger partial charge in [0.15, 0.2) is 12.0 Å². The Kier molecular flexibility index (Phi) is 3.00. The molecule has 0 saturated carbocycles. The minimum Gasteiger partial charge on any atom is -0.476 e. The predicted molar refractivity (Wildman–Crippen MR) is 60.1 cm³/mol. The van der Waals surface area contributed by atoms with Gasteiger partial charge in [-0.25, -0.2) is 4.79 Å². The highest BCUT2D eigenvalue weighted by Gasteiger charge is 2.28. The molecule has 1 N–H and O–H groups in total. The van der Waals surface area contributed by atoms with Gasteiger partial charge in [0.25, 0.3) is 0 Å². The molecule has 0 aliphatic carbocycles. The number of aldehydes is 1. The predicted octanol–water partition coefficient (Wildman–Crippen LogP) is 1.46. The summed E-state index contributed by atoms with van der Waals surface area (Å²) >= 11 is 1.83. The molecule has 5 nitrogen and oxygen atoms in total. The van der Waals surface area contributed by atoms with Crippen molar-refractivity contribution >= 4 is 24.0 Å². The van der Waals surface area contributed by atoms with E-state index >= 15 is 0 Å². The van der Waals surface area contributed by atoms with Gasteiger partial charge in [-0.2, -0.15) is 16.9 Å². The van der Waals surface area contributed by atoms with E-state index in [4.69, 9.17) is 5.11 Å². The molecule has 1 saturated heterocycles. The molecular weight excluding hydrogens is 228 g/mol. The third kappa shape index (κ3) is 1.84. The van der Waals surface area contributed by atoms with Crippen LogP contribution in [0.15, 0.2) is 6.20 Å². The number of hydrogen-bond donors (Lipinski definition) is 1. The van der Waals surface area contributed by atoms with Crippen molar-refractivity contribution in [1.82, 2.24) is 9.78 Å². The van der Waals surface area contributed by atoms with Crippen LogP contribution in [-0.2, 0) is 0 Å². The van der Waals surface area contributed by atoms with Crippen LogP contribution in [0.1, 0.15) is 40.2 Å². The lowest BCUT2D eigenvalue weighted by Crippen LogP contribution is -2.15. The summed E-state index contributed by atoms with van der Waals surface area (Å²) < 4.78 is 1.62. The summed E-state index contributed by atoms with van der Waals surface area (Å²) in [5.74, 6) is -0.107. The zero-order chi connectivity index (χ0) is 11.7. The summed E-state index contributed by atoms with van der Waals surface area (Å²) in [4.78, 5) is 21.6. The van der Waals surface area contributed by atoms with Crippen LogP contribution in [-0.4, -0.2) is 38.1 Å². The van der Waals surface area contributed by atoms with E-state index in [2.05, 4.69) is 12.0 Å². The largest absolute Gasteiger partial charge is 0.476 e. The van der Waals surface area contributed by atoms with Crippen LogP contribution < -0.4 is 0 Å². The van der Waals surface area contributed by atoms with E-state index in [1.807, 2.05) is 11.8 Å². The molecule has 0 aromatic carbocycles. The van der Waals surface area contributed by atoms with E-state index in [1.165, 1.54) is 6.20 Å². The highest BCUT2D eigenvalue weighted by molar-refractivity contribution is 8.00. The summed E-state index contributed by atoms with van der Waals surface area (Å²) in [6.07, 6.45) is 3.04. The van der Waals surface area contributed by atoms with Crippen LogP contribution in [0.25, 0.3) is 0 Å². The van der Waals surface area contributed by atoms with Crippen LogP contribution in [0.2, 0.25) is 0 Å². The lowest BCUT2D eigenvalue weighted by molar-refractivity contribution is 0.0686. The van der Waals surface area contributed by atoms with Gasteiger partial charge in [-0.3, -0.25) is 9.48 Å². The molecule has 6 heteroatoms. The normalized spacial score (nSPS) is 24.6. The second kappa shape index (κ2) is 4.29. The molecule has 2 heterocycles. The molecule has 2 unspecified atom stereocenters. The second-order valence-corrected chi connectivity index (χ2v) is 5.25. The number of aromatic carboxylic acids is 1. The quantitative estimate of drug-likeness (QED) is 0.810. The fourth-order valence-corrected chi connectivity index (χ4v) is 3.13. The van der Waals surface area contributed by atoms with Crippen LogP contribution in [0.3, 0.4) is 0 Å². The first-order valence-corrected chi connectivity index (χ1v) is 6.07. The summed E-state index contributed by atoms with van der Waals surface area (Å²) in [5.41, 5.74) is -0.00398. The minimum absolute atomic E-state index is 0.150. The fourth-order valence-electron chi connectivity index (χ4n) is 1.90. The maximum Gasteiger partial charge on any atom is 0.357 e. The summed E-state index contributed by atoms with van der Waals surface area (Å²) in [6.45, 7) is 2.09. The number of carbonyl (C=O) groups excluding carboxylic acids is 1. The van der Waals surface area contributed by atoms with E-state index < -0.39 is 5.97 Å². The summed E-state index contributed by atoms with van der Waals surface area (Å²) in [5, 5.41) is 13.3. The number of nitrogens with zero attached hydrogens (tertiary/aromatic N) is 2. The van der Waals surface area contributed by atoms with Crippen LogP contribution in [0, 0.1) is 0 Å². The van der Waals surface area contributed by atoms with Gasteiger partial charge >= 0.3 is 5.97 Å². The molecule has 1 fully saturated rings. The number of carbonyl (C=O) groups is 2. The lowest BCUT2D eigenvalue weighted by atomic mass is 10.2. The van der Waals surface area contributed by atoms with Gasteiger partial charge in [0.1, 0.15) is 0 Å². The van der Waals surface area contributed by atoms with Gasteiger partial charge in [0.2, 0.25) is 0 Å². The third-order valence-electron chi connectivity index (χ3n) is 2.77. The van der Waals surface area contributed by atoms with Gasteiger partial charge in [-0.15, -0.1) is 0 Å². The zero-order valence-electron chi connectivity index (χ0n) is 8.79. The van der Waals surface area contributed by atoms with Crippen molar-refractivity contribution in [2.45, 2.75) is 24.6 Å². The first kappa shape index (κ1) is 11.2. The molecule has 2 atom stereocenters. The first-order valence-electron chi connectivity index (χ1n) is 5.02. The van der Waals surface area contributed by atoms with Crippen molar-refractivity contribution in [2.24, 2.45) is 0 Å².